The molecule has 4 heterocycles. The Morgan fingerprint density at radius 1 is 1.05 bits per heavy atom. The van der Waals surface area contributed by atoms with Crippen LogP contribution in [0.4, 0.5) is 25.3 Å². The molecule has 3 saturated heterocycles. The van der Waals surface area contributed by atoms with Gasteiger partial charge in [0.15, 0.2) is 0 Å². The van der Waals surface area contributed by atoms with Crippen LogP contribution in [0.25, 0.3) is 0 Å². The Labute approximate surface area is 222 Å². The monoisotopic (exact) mass is 536 g/mol. The minimum Gasteiger partial charge on any atom is -0.444 e. The average molecular weight is 537 g/mol. The van der Waals surface area contributed by atoms with E-state index < -0.39 is 11.5 Å². The van der Waals surface area contributed by atoms with Gasteiger partial charge in [0.05, 0.1) is 6.10 Å². The quantitative estimate of drug-likeness (QED) is 0.568. The SMILES string of the molecule is C[C@H]1CCN1c1nc(N2CC(OCC(=O)N3CCN(C(=O)OC(C)(C)C)CC3)C2)c2c(n1)C(F)(F)CCC2. The Balaban J connectivity index is 1.14. The van der Waals surface area contributed by atoms with Gasteiger partial charge in [0.25, 0.3) is 5.92 Å². The molecule has 3 fully saturated rings. The summed E-state index contributed by atoms with van der Waals surface area (Å²) >= 11 is 0. The predicted molar refractivity (Wildman–Crippen MR) is 137 cm³/mol. The van der Waals surface area contributed by atoms with Crippen molar-refractivity contribution in [2.24, 2.45) is 0 Å². The number of hydrogen-bond donors (Lipinski definition) is 0. The molecule has 10 nitrogen and oxygen atoms in total. The molecule has 3 aliphatic heterocycles. The fourth-order valence-corrected chi connectivity index (χ4v) is 5.26. The number of rotatable bonds is 5. The Hall–Kier alpha value is -2.76. The van der Waals surface area contributed by atoms with Gasteiger partial charge in [-0.05, 0) is 47.0 Å². The molecule has 1 aromatic heterocycles. The van der Waals surface area contributed by atoms with E-state index in [-0.39, 0.29) is 42.9 Å². The molecule has 12 heteroatoms. The number of fused-ring (bicyclic) bond motifs is 1. The van der Waals surface area contributed by atoms with Crippen LogP contribution in [0.1, 0.15) is 58.2 Å². The first-order chi connectivity index (χ1) is 17.9. The number of carbonyl (C=O) groups excluding carboxylic acids is 2. The molecule has 0 aromatic carbocycles. The number of carbonyl (C=O) groups is 2. The van der Waals surface area contributed by atoms with Crippen LogP contribution in [0.3, 0.4) is 0 Å². The van der Waals surface area contributed by atoms with Crippen LogP contribution in [0.5, 0.6) is 0 Å². The highest BCUT2D eigenvalue weighted by atomic mass is 19.3. The van der Waals surface area contributed by atoms with Gasteiger partial charge in [0.1, 0.15) is 23.7 Å². The van der Waals surface area contributed by atoms with Gasteiger partial charge in [0.2, 0.25) is 11.9 Å². The number of anilines is 2. The van der Waals surface area contributed by atoms with Gasteiger partial charge in [-0.2, -0.15) is 13.8 Å². The van der Waals surface area contributed by atoms with Crippen molar-refractivity contribution in [2.45, 2.75) is 77.0 Å². The van der Waals surface area contributed by atoms with E-state index in [1.807, 2.05) is 37.5 Å². The van der Waals surface area contributed by atoms with E-state index >= 15 is 0 Å². The summed E-state index contributed by atoms with van der Waals surface area (Å²) < 4.78 is 40.9. The predicted octanol–water partition coefficient (Wildman–Crippen LogP) is 2.79. The van der Waals surface area contributed by atoms with Crippen LogP contribution in [0.15, 0.2) is 0 Å². The molecule has 1 aliphatic carbocycles. The van der Waals surface area contributed by atoms with E-state index in [2.05, 4.69) is 4.98 Å². The third-order valence-corrected chi connectivity index (χ3v) is 7.69. The molecule has 4 aliphatic rings. The highest BCUT2D eigenvalue weighted by Gasteiger charge is 2.43. The van der Waals surface area contributed by atoms with Crippen molar-refractivity contribution < 1.29 is 27.8 Å². The topological polar surface area (TPSA) is 91.3 Å². The summed E-state index contributed by atoms with van der Waals surface area (Å²) in [5.41, 5.74) is -0.154. The van der Waals surface area contributed by atoms with E-state index in [0.717, 1.165) is 13.0 Å². The molecule has 38 heavy (non-hydrogen) atoms. The van der Waals surface area contributed by atoms with Crippen molar-refractivity contribution in [1.82, 2.24) is 19.8 Å². The minimum atomic E-state index is -2.95. The lowest BCUT2D eigenvalue weighted by Crippen LogP contribution is -2.55. The first-order valence-corrected chi connectivity index (χ1v) is 13.6. The van der Waals surface area contributed by atoms with Crippen LogP contribution >= 0.6 is 0 Å². The lowest BCUT2D eigenvalue weighted by Gasteiger charge is -2.44. The molecule has 0 N–H and O–H groups in total. The van der Waals surface area contributed by atoms with Crippen LogP contribution in [-0.4, -0.2) is 102 Å². The Morgan fingerprint density at radius 2 is 1.74 bits per heavy atom. The highest BCUT2D eigenvalue weighted by molar-refractivity contribution is 5.78. The van der Waals surface area contributed by atoms with Gasteiger partial charge >= 0.3 is 6.09 Å². The van der Waals surface area contributed by atoms with Crippen LogP contribution in [-0.2, 0) is 26.6 Å². The first kappa shape index (κ1) is 26.8. The van der Waals surface area contributed by atoms with Crippen molar-refractivity contribution >= 4 is 23.8 Å². The summed E-state index contributed by atoms with van der Waals surface area (Å²) in [6.45, 7) is 10.9. The number of piperazine rings is 1. The van der Waals surface area contributed by atoms with E-state index in [1.165, 1.54) is 0 Å². The maximum Gasteiger partial charge on any atom is 0.410 e. The lowest BCUT2D eigenvalue weighted by atomic mass is 9.92. The zero-order chi connectivity index (χ0) is 27.2. The second-order valence-electron chi connectivity index (χ2n) is 11.7. The third-order valence-electron chi connectivity index (χ3n) is 7.69. The van der Waals surface area contributed by atoms with Gasteiger partial charge in [-0.1, -0.05) is 0 Å². The smallest absolute Gasteiger partial charge is 0.410 e. The van der Waals surface area contributed by atoms with Gasteiger partial charge in [0, 0.05) is 63.8 Å². The van der Waals surface area contributed by atoms with E-state index in [1.54, 1.807) is 9.80 Å². The Kier molecular flexibility index (Phi) is 7.12. The van der Waals surface area contributed by atoms with Gasteiger partial charge in [-0.25, -0.2) is 9.78 Å². The maximum atomic E-state index is 14.8. The molecule has 0 saturated carbocycles. The number of amides is 2. The molecular weight excluding hydrogens is 498 g/mol. The second-order valence-corrected chi connectivity index (χ2v) is 11.7. The molecule has 0 spiro atoms. The molecule has 2 amide bonds. The fraction of sp³-hybridized carbons (Fsp3) is 0.769. The molecule has 0 unspecified atom stereocenters. The van der Waals surface area contributed by atoms with Crippen molar-refractivity contribution in [3.63, 3.8) is 0 Å². The summed E-state index contributed by atoms with van der Waals surface area (Å²) in [7, 11) is 0. The zero-order valence-corrected chi connectivity index (χ0v) is 22.7. The van der Waals surface area contributed by atoms with Crippen molar-refractivity contribution in [2.75, 3.05) is 62.2 Å². The fourth-order valence-electron chi connectivity index (χ4n) is 5.26. The number of nitrogens with zero attached hydrogens (tertiary/aromatic N) is 6. The van der Waals surface area contributed by atoms with Gasteiger partial charge in [-0.3, -0.25) is 4.79 Å². The largest absolute Gasteiger partial charge is 0.444 e. The van der Waals surface area contributed by atoms with Gasteiger partial charge < -0.3 is 29.1 Å². The lowest BCUT2D eigenvalue weighted by molar-refractivity contribution is -0.140. The normalized spacial score (nSPS) is 23.5. The summed E-state index contributed by atoms with van der Waals surface area (Å²) in [6, 6.07) is 0.239. The van der Waals surface area contributed by atoms with Gasteiger partial charge in [-0.15, -0.1) is 0 Å². The number of halogens is 2. The van der Waals surface area contributed by atoms with Crippen LogP contribution < -0.4 is 9.80 Å². The third kappa shape index (κ3) is 5.50. The number of hydrogen-bond acceptors (Lipinski definition) is 8. The van der Waals surface area contributed by atoms with Crippen LogP contribution in [0.2, 0.25) is 0 Å². The maximum absolute atomic E-state index is 14.8. The van der Waals surface area contributed by atoms with Crippen LogP contribution in [0, 0.1) is 0 Å². The first-order valence-electron chi connectivity index (χ1n) is 13.6. The number of alkyl halides is 2. The Morgan fingerprint density at radius 3 is 2.34 bits per heavy atom. The molecule has 5 rings (SSSR count). The molecule has 0 radical (unpaired) electrons. The minimum absolute atomic E-state index is 0.0541. The van der Waals surface area contributed by atoms with E-state index in [4.69, 9.17) is 14.5 Å². The molecule has 210 valence electrons. The highest BCUT2D eigenvalue weighted by Crippen LogP contribution is 2.43. The van der Waals surface area contributed by atoms with Crippen molar-refractivity contribution in [3.05, 3.63) is 11.3 Å². The van der Waals surface area contributed by atoms with E-state index in [0.29, 0.717) is 69.4 Å². The molecule has 0 bridgehead atoms. The molecule has 1 aromatic rings. The summed E-state index contributed by atoms with van der Waals surface area (Å²) in [5, 5.41) is 0. The Bertz CT molecular complexity index is 1070. The van der Waals surface area contributed by atoms with Crippen molar-refractivity contribution in [3.8, 4) is 0 Å². The molecular formula is C26H38F2N6O4. The number of aromatic nitrogens is 2. The van der Waals surface area contributed by atoms with E-state index in [9.17, 15) is 18.4 Å². The zero-order valence-electron chi connectivity index (χ0n) is 22.7. The standard InChI is InChI=1S/C26H38F2N6O4/c1-17-7-9-34(17)23-29-21-19(6-5-8-26(21,27)28)22(30-23)33-14-18(15-33)37-16-20(35)31-10-12-32(13-11-31)24(36)38-25(2,3)4/h17-18H,5-16H2,1-4H3/t17-/m0/s1. The van der Waals surface area contributed by atoms with Crippen molar-refractivity contribution in [1.29, 1.82) is 0 Å². The second kappa shape index (κ2) is 10.1. The average Bonchev–Trinajstić information content (AvgIpc) is 2.81. The molecule has 1 atom stereocenters. The number of ether oxygens (including phenoxy) is 2. The summed E-state index contributed by atoms with van der Waals surface area (Å²) in [4.78, 5) is 41.2. The summed E-state index contributed by atoms with van der Waals surface area (Å²) in [6.07, 6.45) is 1.20. The summed E-state index contributed by atoms with van der Waals surface area (Å²) in [5.74, 6) is -2.12.